The molecule has 0 aliphatic carbocycles. The van der Waals surface area contributed by atoms with Gasteiger partial charge in [0.25, 0.3) is 0 Å². The van der Waals surface area contributed by atoms with E-state index in [1.165, 1.54) is 20.4 Å². The molecule has 136 valence electrons. The monoisotopic (exact) mass is 347 g/mol. The van der Waals surface area contributed by atoms with Gasteiger partial charge in [0.2, 0.25) is 0 Å². The number of esters is 4. The Morgan fingerprint density at radius 1 is 0.833 bits per heavy atom. The molecule has 0 aromatic heterocycles. The number of methoxy groups -OCH3 is 4. The summed E-state index contributed by atoms with van der Waals surface area (Å²) in [7, 11) is 4.65. The summed E-state index contributed by atoms with van der Waals surface area (Å²) in [6, 6.07) is -1.09. The van der Waals surface area contributed by atoms with Gasteiger partial charge in [-0.25, -0.2) is 9.59 Å². The number of aliphatic imine (C=N–C) groups is 1. The molecule has 0 radical (unpaired) electrons. The summed E-state index contributed by atoms with van der Waals surface area (Å²) in [5.74, 6) is -2.77. The molecule has 0 fully saturated rings. The predicted octanol–water partition coefficient (Wildman–Crippen LogP) is -0.717. The lowest BCUT2D eigenvalue weighted by atomic mass is 10.2. The van der Waals surface area contributed by atoms with E-state index in [1.807, 2.05) is 0 Å². The molecular formula is C14H21NO9. The van der Waals surface area contributed by atoms with Gasteiger partial charge in [-0.1, -0.05) is 0 Å². The lowest BCUT2D eigenvalue weighted by Gasteiger charge is -2.13. The fourth-order valence-corrected chi connectivity index (χ4v) is 1.48. The summed E-state index contributed by atoms with van der Waals surface area (Å²) >= 11 is 0. The molecule has 2 atom stereocenters. The summed E-state index contributed by atoms with van der Waals surface area (Å²) in [6.45, 7) is -0.203. The molecule has 0 rings (SSSR count). The molecule has 0 spiro atoms. The van der Waals surface area contributed by atoms with Crippen molar-refractivity contribution in [2.45, 2.75) is 25.0 Å². The molecule has 0 aromatic rings. The third-order valence-corrected chi connectivity index (χ3v) is 2.76. The molecule has 0 amide bonds. The van der Waals surface area contributed by atoms with Crippen LogP contribution < -0.4 is 0 Å². The summed E-state index contributed by atoms with van der Waals surface area (Å²) in [5, 5.41) is 0. The molecule has 0 bridgehead atoms. The van der Waals surface area contributed by atoms with Crippen LogP contribution in [0.1, 0.15) is 12.8 Å². The number of nitrogens with zero attached hydrogens (tertiary/aromatic N) is 1. The van der Waals surface area contributed by atoms with Gasteiger partial charge in [0.15, 0.2) is 12.1 Å². The predicted molar refractivity (Wildman–Crippen MR) is 79.3 cm³/mol. The van der Waals surface area contributed by atoms with E-state index in [4.69, 9.17) is 4.74 Å². The third-order valence-electron chi connectivity index (χ3n) is 2.76. The van der Waals surface area contributed by atoms with Gasteiger partial charge in [0.05, 0.1) is 47.9 Å². The molecule has 10 nitrogen and oxygen atoms in total. The van der Waals surface area contributed by atoms with Crippen LogP contribution in [-0.4, -0.2) is 77.3 Å². The van der Waals surface area contributed by atoms with Gasteiger partial charge in [-0.15, -0.1) is 0 Å². The minimum absolute atomic E-state index is 0.203. The number of carbonyl (C=O) groups is 4. The standard InChI is InChI=1S/C14H21NO9/c1-20-11(16)7-9(13(18)22-3)15-5-6-24-10(14(19)23-4)8-12(17)21-2/h5,9-10H,6-8H2,1-4H3/t9-,10-/m0/s1. The van der Waals surface area contributed by atoms with Gasteiger partial charge in [-0.2, -0.15) is 0 Å². The van der Waals surface area contributed by atoms with Crippen molar-refractivity contribution in [2.24, 2.45) is 4.99 Å². The highest BCUT2D eigenvalue weighted by Gasteiger charge is 2.24. The van der Waals surface area contributed by atoms with Crippen LogP contribution in [-0.2, 0) is 42.9 Å². The maximum atomic E-state index is 11.5. The molecule has 0 saturated heterocycles. The zero-order valence-corrected chi connectivity index (χ0v) is 14.0. The van der Waals surface area contributed by atoms with E-state index in [9.17, 15) is 19.2 Å². The van der Waals surface area contributed by atoms with Crippen LogP contribution in [0.3, 0.4) is 0 Å². The van der Waals surface area contributed by atoms with Crippen molar-refractivity contribution in [3.63, 3.8) is 0 Å². The van der Waals surface area contributed by atoms with Gasteiger partial charge >= 0.3 is 23.9 Å². The molecule has 0 aromatic carbocycles. The lowest BCUT2D eigenvalue weighted by Crippen LogP contribution is -2.30. The van der Waals surface area contributed by atoms with Crippen molar-refractivity contribution >= 4 is 30.1 Å². The van der Waals surface area contributed by atoms with Gasteiger partial charge < -0.3 is 23.7 Å². The average molecular weight is 347 g/mol. The molecule has 0 N–H and O–H groups in total. The molecule has 24 heavy (non-hydrogen) atoms. The van der Waals surface area contributed by atoms with E-state index < -0.39 is 36.0 Å². The van der Waals surface area contributed by atoms with Crippen LogP contribution in [0, 0.1) is 0 Å². The summed E-state index contributed by atoms with van der Waals surface area (Å²) in [6.07, 6.45) is -0.634. The van der Waals surface area contributed by atoms with Gasteiger partial charge in [-0.05, 0) is 0 Å². The van der Waals surface area contributed by atoms with Crippen molar-refractivity contribution in [1.29, 1.82) is 0 Å². The first kappa shape index (κ1) is 21.5. The third kappa shape index (κ3) is 8.22. The van der Waals surface area contributed by atoms with Crippen LogP contribution >= 0.6 is 0 Å². The number of hydrogen-bond donors (Lipinski definition) is 0. The summed E-state index contributed by atoms with van der Waals surface area (Å²) in [5.41, 5.74) is 0. The molecule has 10 heteroatoms. The van der Waals surface area contributed by atoms with Gasteiger partial charge in [0.1, 0.15) is 0 Å². The van der Waals surface area contributed by atoms with Crippen molar-refractivity contribution < 1.29 is 42.9 Å². The fourth-order valence-electron chi connectivity index (χ4n) is 1.48. The maximum Gasteiger partial charge on any atom is 0.335 e. The second kappa shape index (κ2) is 12.0. The highest BCUT2D eigenvalue weighted by molar-refractivity contribution is 5.84. The quantitative estimate of drug-likeness (QED) is 0.286. The van der Waals surface area contributed by atoms with Gasteiger partial charge in [-0.3, -0.25) is 14.6 Å². The van der Waals surface area contributed by atoms with Gasteiger partial charge in [0, 0.05) is 6.21 Å². The van der Waals surface area contributed by atoms with E-state index in [0.29, 0.717) is 0 Å². The van der Waals surface area contributed by atoms with Crippen LogP contribution in [0.5, 0.6) is 0 Å². The van der Waals surface area contributed by atoms with E-state index in [0.717, 1.165) is 14.2 Å². The smallest absolute Gasteiger partial charge is 0.335 e. The highest BCUT2D eigenvalue weighted by Crippen LogP contribution is 2.04. The first-order valence-corrected chi connectivity index (χ1v) is 6.82. The first-order chi connectivity index (χ1) is 11.4. The Balaban J connectivity index is 4.69. The van der Waals surface area contributed by atoms with Crippen LogP contribution in [0.2, 0.25) is 0 Å². The van der Waals surface area contributed by atoms with E-state index in [-0.39, 0.29) is 19.4 Å². The zero-order chi connectivity index (χ0) is 18.5. The number of rotatable bonds is 10. The number of hydrogen-bond acceptors (Lipinski definition) is 10. The topological polar surface area (TPSA) is 127 Å². The van der Waals surface area contributed by atoms with Crippen molar-refractivity contribution in [1.82, 2.24) is 0 Å². The fraction of sp³-hybridized carbons (Fsp3) is 0.643. The molecule has 0 heterocycles. The SMILES string of the molecule is COC(=O)C[C@H](N=CCO[C@@H](CC(=O)OC)C(=O)OC)C(=O)OC. The Kier molecular flexibility index (Phi) is 10.8. The lowest BCUT2D eigenvalue weighted by molar-refractivity contribution is -0.159. The normalized spacial score (nSPS) is 13.0. The second-order valence-electron chi connectivity index (χ2n) is 4.28. The van der Waals surface area contributed by atoms with Crippen molar-refractivity contribution in [3.05, 3.63) is 0 Å². The second-order valence-corrected chi connectivity index (χ2v) is 4.28. The first-order valence-electron chi connectivity index (χ1n) is 6.82. The van der Waals surface area contributed by atoms with Crippen LogP contribution in [0.25, 0.3) is 0 Å². The zero-order valence-electron chi connectivity index (χ0n) is 14.0. The van der Waals surface area contributed by atoms with Crippen LogP contribution in [0.4, 0.5) is 0 Å². The maximum absolute atomic E-state index is 11.5. The molecule has 0 aliphatic heterocycles. The number of ether oxygens (including phenoxy) is 5. The number of carbonyl (C=O) groups excluding carboxylic acids is 4. The van der Waals surface area contributed by atoms with E-state index in [2.05, 4.69) is 23.9 Å². The largest absolute Gasteiger partial charge is 0.469 e. The van der Waals surface area contributed by atoms with E-state index >= 15 is 0 Å². The Hall–Kier alpha value is -2.49. The Labute approximate surface area is 139 Å². The van der Waals surface area contributed by atoms with E-state index in [1.54, 1.807) is 0 Å². The molecule has 0 aliphatic rings. The Bertz CT molecular complexity index is 475. The van der Waals surface area contributed by atoms with Crippen molar-refractivity contribution in [3.8, 4) is 0 Å². The Morgan fingerprint density at radius 2 is 1.38 bits per heavy atom. The van der Waals surface area contributed by atoms with Crippen molar-refractivity contribution in [2.75, 3.05) is 35.0 Å². The molecule has 0 saturated carbocycles. The molecule has 0 unspecified atom stereocenters. The Morgan fingerprint density at radius 3 is 1.88 bits per heavy atom. The minimum atomic E-state index is -1.17. The highest BCUT2D eigenvalue weighted by atomic mass is 16.6. The summed E-state index contributed by atoms with van der Waals surface area (Å²) < 4.78 is 23.1. The minimum Gasteiger partial charge on any atom is -0.469 e. The summed E-state index contributed by atoms with van der Waals surface area (Å²) in [4.78, 5) is 49.3. The molecular weight excluding hydrogens is 326 g/mol. The van der Waals surface area contributed by atoms with Crippen LogP contribution in [0.15, 0.2) is 4.99 Å². The average Bonchev–Trinajstić information content (AvgIpc) is 2.60.